The second-order valence-corrected chi connectivity index (χ2v) is 15.2. The maximum Gasteiger partial charge on any atom is 0.514 e. The van der Waals surface area contributed by atoms with Crippen molar-refractivity contribution in [3.8, 4) is 5.75 Å². The molecule has 0 heterocycles. The molecule has 0 aliphatic carbocycles. The minimum atomic E-state index is -1.28. The Kier molecular flexibility index (Phi) is 18.9. The van der Waals surface area contributed by atoms with Gasteiger partial charge in [-0.2, -0.15) is 0 Å². The molecule has 1 aromatic rings. The number of alkyl carbamates (subject to hydrolysis) is 1. The minimum Gasteiger partial charge on any atom is -0.480 e. The first kappa shape index (κ1) is 47.4. The lowest BCUT2D eigenvalue weighted by Gasteiger charge is -2.25. The van der Waals surface area contributed by atoms with Gasteiger partial charge in [0.15, 0.2) is 5.96 Å². The third-order valence-corrected chi connectivity index (χ3v) is 7.06. The highest BCUT2D eigenvalue weighted by Crippen LogP contribution is 2.17. The molecule has 1 rings (SSSR count). The summed E-state index contributed by atoms with van der Waals surface area (Å²) in [5.41, 5.74) is 9.50. The molecular formula is C36H58N8O11. The summed E-state index contributed by atoms with van der Waals surface area (Å²) < 4.78 is 15.6. The van der Waals surface area contributed by atoms with Crippen molar-refractivity contribution in [1.29, 1.82) is 0 Å². The van der Waals surface area contributed by atoms with Gasteiger partial charge in [0.25, 0.3) is 0 Å². The van der Waals surface area contributed by atoms with Crippen molar-refractivity contribution in [3.05, 3.63) is 29.8 Å². The summed E-state index contributed by atoms with van der Waals surface area (Å²) in [5, 5.41) is 22.0. The second kappa shape index (κ2) is 21.9. The van der Waals surface area contributed by atoms with E-state index in [1.165, 1.54) is 19.1 Å². The fourth-order valence-electron chi connectivity index (χ4n) is 4.64. The molecule has 0 aliphatic rings. The van der Waals surface area contributed by atoms with Gasteiger partial charge in [-0.1, -0.05) is 26.0 Å². The molecule has 0 saturated heterocycles. The van der Waals surface area contributed by atoms with E-state index >= 15 is 0 Å². The highest BCUT2D eigenvalue weighted by Gasteiger charge is 2.29. The lowest BCUT2D eigenvalue weighted by Crippen LogP contribution is -2.55. The van der Waals surface area contributed by atoms with Gasteiger partial charge in [0.2, 0.25) is 23.6 Å². The summed E-state index contributed by atoms with van der Waals surface area (Å²) in [7, 11) is 0. The number of hydrogen-bond donors (Lipinski definition) is 8. The zero-order valence-corrected chi connectivity index (χ0v) is 33.1. The first-order valence-electron chi connectivity index (χ1n) is 17.8. The lowest BCUT2D eigenvalue weighted by molar-refractivity contribution is -0.142. The number of ether oxygens (including phenoxy) is 3. The summed E-state index contributed by atoms with van der Waals surface area (Å²) >= 11 is 0. The van der Waals surface area contributed by atoms with E-state index in [-0.39, 0.29) is 49.9 Å². The van der Waals surface area contributed by atoms with Crippen molar-refractivity contribution in [1.82, 2.24) is 26.6 Å². The van der Waals surface area contributed by atoms with Crippen LogP contribution in [0.15, 0.2) is 29.3 Å². The summed E-state index contributed by atoms with van der Waals surface area (Å²) in [6.07, 6.45) is -1.35. The monoisotopic (exact) mass is 778 g/mol. The number of nitrogens with two attached hydrogens (primary N) is 2. The van der Waals surface area contributed by atoms with E-state index < -0.39 is 83.8 Å². The Bertz CT molecular complexity index is 1510. The van der Waals surface area contributed by atoms with Crippen LogP contribution in [0.3, 0.4) is 0 Å². The topological polar surface area (TPSA) is 292 Å². The highest BCUT2D eigenvalue weighted by molar-refractivity contribution is 5.94. The molecule has 0 fully saturated rings. The summed E-state index contributed by atoms with van der Waals surface area (Å²) in [6.45, 7) is 14.6. The Morgan fingerprint density at radius 2 is 1.35 bits per heavy atom. The number of hydrogen-bond acceptors (Lipinski definition) is 11. The molecule has 0 saturated carbocycles. The number of nitrogens with zero attached hydrogens (tertiary/aromatic N) is 1. The second-order valence-electron chi connectivity index (χ2n) is 15.2. The maximum atomic E-state index is 13.4. The van der Waals surface area contributed by atoms with Crippen LogP contribution in [-0.4, -0.2) is 101 Å². The molecule has 5 amide bonds. The van der Waals surface area contributed by atoms with Crippen LogP contribution >= 0.6 is 0 Å². The Balaban J connectivity index is 2.93. The van der Waals surface area contributed by atoms with Gasteiger partial charge >= 0.3 is 18.2 Å². The highest BCUT2D eigenvalue weighted by atomic mass is 16.7. The minimum absolute atomic E-state index is 0.0328. The van der Waals surface area contributed by atoms with Crippen LogP contribution in [-0.2, 0) is 39.9 Å². The van der Waals surface area contributed by atoms with Crippen molar-refractivity contribution >= 4 is 47.8 Å². The number of benzene rings is 1. The molecule has 0 aromatic heterocycles. The maximum absolute atomic E-state index is 13.4. The van der Waals surface area contributed by atoms with E-state index in [0.717, 1.165) is 0 Å². The summed E-state index contributed by atoms with van der Waals surface area (Å²) in [5.74, 6) is -4.27. The SMILES string of the molecule is CC(C)C[C@@H](NC(=O)CNC(=O)[C@H](C)NC(=O)C(Cc1ccc(OC(=O)OC(C)(C)C)cc1)NC(=O)OC(C)(C)C)C(=O)N[C@@H](CCCN=C(N)N)C(=O)O. The standard InChI is InChI=1S/C36H58N8O11/c1-20(2)17-25(30(48)43-24(31(49)50)11-10-16-39-32(37)38)42-27(45)19-40-28(46)21(3)41-29(47)26(44-33(51)54-35(4,5)6)18-22-12-14-23(15-13-22)53-34(52)55-36(7,8)9/h12-15,20-21,24-26H,10-11,16-19H2,1-9H3,(H,40,46)(H,41,47)(H,42,45)(H,43,48)(H,44,51)(H,49,50)(H4,37,38,39)/t21-,24-,25+,26?/m0/s1. The summed E-state index contributed by atoms with van der Waals surface area (Å²) in [6, 6.07) is 1.35. The average Bonchev–Trinajstić information content (AvgIpc) is 3.02. The van der Waals surface area contributed by atoms with Crippen molar-refractivity contribution in [2.45, 2.75) is 123 Å². The average molecular weight is 779 g/mol. The molecule has 1 unspecified atom stereocenters. The fraction of sp³-hybridized carbons (Fsp3) is 0.611. The molecule has 308 valence electrons. The van der Waals surface area contributed by atoms with E-state index in [1.807, 2.05) is 13.8 Å². The first-order valence-corrected chi connectivity index (χ1v) is 17.8. The molecule has 0 spiro atoms. The van der Waals surface area contributed by atoms with Crippen molar-refractivity contribution < 1.29 is 52.9 Å². The number of rotatable bonds is 19. The Morgan fingerprint density at radius 3 is 1.87 bits per heavy atom. The quantitative estimate of drug-likeness (QED) is 0.0323. The van der Waals surface area contributed by atoms with Gasteiger partial charge in [0.1, 0.15) is 41.1 Å². The Morgan fingerprint density at radius 1 is 0.764 bits per heavy atom. The van der Waals surface area contributed by atoms with Crippen LogP contribution in [0, 0.1) is 5.92 Å². The number of carboxylic acids is 1. The van der Waals surface area contributed by atoms with E-state index in [2.05, 4.69) is 31.6 Å². The number of nitrogens with one attached hydrogen (secondary N) is 5. The van der Waals surface area contributed by atoms with Crippen LogP contribution in [0.2, 0.25) is 0 Å². The predicted octanol–water partition coefficient (Wildman–Crippen LogP) is 1.21. The molecule has 19 heteroatoms. The van der Waals surface area contributed by atoms with E-state index in [1.54, 1.807) is 53.7 Å². The fourth-order valence-corrected chi connectivity index (χ4v) is 4.64. The van der Waals surface area contributed by atoms with E-state index in [4.69, 9.17) is 25.7 Å². The zero-order valence-electron chi connectivity index (χ0n) is 33.1. The van der Waals surface area contributed by atoms with Gasteiger partial charge in [0, 0.05) is 13.0 Å². The van der Waals surface area contributed by atoms with Gasteiger partial charge in [-0.25, -0.2) is 14.4 Å². The van der Waals surface area contributed by atoms with Crippen molar-refractivity contribution in [2.75, 3.05) is 13.1 Å². The van der Waals surface area contributed by atoms with Crippen molar-refractivity contribution in [2.24, 2.45) is 22.4 Å². The van der Waals surface area contributed by atoms with Gasteiger partial charge < -0.3 is 57.4 Å². The number of carboxylic acid groups (broad SMARTS) is 1. The molecule has 10 N–H and O–H groups in total. The lowest BCUT2D eigenvalue weighted by atomic mass is 10.0. The summed E-state index contributed by atoms with van der Waals surface area (Å²) in [4.78, 5) is 92.4. The molecule has 1 aromatic carbocycles. The Hall–Kier alpha value is -5.62. The van der Waals surface area contributed by atoms with E-state index in [9.17, 15) is 38.7 Å². The Labute approximate surface area is 321 Å². The molecule has 0 radical (unpaired) electrons. The number of aliphatic imine (C=N–C) groups is 1. The molecule has 19 nitrogen and oxygen atoms in total. The number of amides is 5. The molecule has 55 heavy (non-hydrogen) atoms. The van der Waals surface area contributed by atoms with Crippen LogP contribution in [0.1, 0.15) is 87.1 Å². The van der Waals surface area contributed by atoms with Crippen molar-refractivity contribution in [3.63, 3.8) is 0 Å². The van der Waals surface area contributed by atoms with Gasteiger partial charge in [0.05, 0.1) is 6.54 Å². The number of carbonyl (C=O) groups excluding carboxylic acids is 6. The van der Waals surface area contributed by atoms with Gasteiger partial charge in [-0.15, -0.1) is 0 Å². The molecule has 0 aliphatic heterocycles. The number of guanidine groups is 1. The molecular weight excluding hydrogens is 720 g/mol. The first-order chi connectivity index (χ1) is 25.3. The van der Waals surface area contributed by atoms with Crippen LogP contribution in [0.25, 0.3) is 0 Å². The molecule has 4 atom stereocenters. The molecule has 0 bridgehead atoms. The van der Waals surface area contributed by atoms with Gasteiger partial charge in [-0.3, -0.25) is 24.2 Å². The third-order valence-electron chi connectivity index (χ3n) is 7.06. The smallest absolute Gasteiger partial charge is 0.480 e. The van der Waals surface area contributed by atoms with Crippen LogP contribution in [0.5, 0.6) is 5.75 Å². The number of carbonyl (C=O) groups is 7. The zero-order chi connectivity index (χ0) is 42.1. The predicted molar refractivity (Wildman–Crippen MR) is 202 cm³/mol. The third kappa shape index (κ3) is 21.0. The van der Waals surface area contributed by atoms with Crippen LogP contribution < -0.4 is 42.8 Å². The number of aliphatic carboxylic acids is 1. The largest absolute Gasteiger partial charge is 0.514 e. The normalized spacial score (nSPS) is 13.5. The van der Waals surface area contributed by atoms with E-state index in [0.29, 0.717) is 5.56 Å². The van der Waals surface area contributed by atoms with Crippen LogP contribution in [0.4, 0.5) is 9.59 Å². The van der Waals surface area contributed by atoms with Gasteiger partial charge in [-0.05, 0) is 91.3 Å².